The largest absolute Gasteiger partial charge is 0.494 e. The SMILES string of the molecule is CC.COc1cccc2c1N=C(C)C2. The lowest BCUT2D eigenvalue weighted by Crippen LogP contribution is -1.88. The fourth-order valence-electron chi connectivity index (χ4n) is 1.51. The summed E-state index contributed by atoms with van der Waals surface area (Å²) >= 11 is 0. The van der Waals surface area contributed by atoms with Crippen LogP contribution >= 0.6 is 0 Å². The Labute approximate surface area is 85.6 Å². The second kappa shape index (κ2) is 4.80. The van der Waals surface area contributed by atoms with Crippen LogP contribution < -0.4 is 4.74 Å². The highest BCUT2D eigenvalue weighted by Crippen LogP contribution is 2.35. The van der Waals surface area contributed by atoms with Crippen LogP contribution in [0.25, 0.3) is 0 Å². The number of nitrogens with zero attached hydrogens (tertiary/aromatic N) is 1. The van der Waals surface area contributed by atoms with Crippen molar-refractivity contribution in [2.75, 3.05) is 7.11 Å². The van der Waals surface area contributed by atoms with E-state index in [1.54, 1.807) is 7.11 Å². The smallest absolute Gasteiger partial charge is 0.144 e. The minimum atomic E-state index is 0.879. The molecule has 1 aromatic carbocycles. The molecule has 2 nitrogen and oxygen atoms in total. The van der Waals surface area contributed by atoms with Crippen LogP contribution in [0.5, 0.6) is 5.75 Å². The molecule has 1 aliphatic rings. The average molecular weight is 191 g/mol. The van der Waals surface area contributed by atoms with Gasteiger partial charge in [0.25, 0.3) is 0 Å². The van der Waals surface area contributed by atoms with E-state index in [0.29, 0.717) is 0 Å². The molecule has 0 saturated carbocycles. The number of methoxy groups -OCH3 is 1. The van der Waals surface area contributed by atoms with E-state index in [4.69, 9.17) is 4.74 Å². The van der Waals surface area contributed by atoms with Gasteiger partial charge in [0, 0.05) is 12.1 Å². The van der Waals surface area contributed by atoms with Crippen LogP contribution in [0.2, 0.25) is 0 Å². The summed E-state index contributed by atoms with van der Waals surface area (Å²) in [5.41, 5.74) is 3.44. The first kappa shape index (κ1) is 10.8. The lowest BCUT2D eigenvalue weighted by molar-refractivity contribution is 0.416. The van der Waals surface area contributed by atoms with Crippen LogP contribution in [0.4, 0.5) is 5.69 Å². The monoisotopic (exact) mass is 191 g/mol. The molecule has 0 spiro atoms. The highest BCUT2D eigenvalue weighted by molar-refractivity contribution is 5.93. The van der Waals surface area contributed by atoms with E-state index < -0.39 is 0 Å². The zero-order valence-electron chi connectivity index (χ0n) is 9.29. The van der Waals surface area contributed by atoms with E-state index in [-0.39, 0.29) is 0 Å². The van der Waals surface area contributed by atoms with Crippen LogP contribution in [-0.2, 0) is 6.42 Å². The van der Waals surface area contributed by atoms with Gasteiger partial charge in [-0.15, -0.1) is 0 Å². The molecule has 0 radical (unpaired) electrons. The second-order valence-electron chi connectivity index (χ2n) is 2.99. The molecule has 76 valence electrons. The lowest BCUT2D eigenvalue weighted by Gasteiger charge is -2.03. The molecule has 2 heteroatoms. The van der Waals surface area contributed by atoms with Gasteiger partial charge in [0.15, 0.2) is 0 Å². The minimum absolute atomic E-state index is 0.879. The fourth-order valence-corrected chi connectivity index (χ4v) is 1.51. The Balaban J connectivity index is 0.000000461. The number of rotatable bonds is 1. The third-order valence-corrected chi connectivity index (χ3v) is 2.05. The van der Waals surface area contributed by atoms with Gasteiger partial charge in [-0.05, 0) is 18.6 Å². The first-order valence-electron chi connectivity index (χ1n) is 5.01. The summed E-state index contributed by atoms with van der Waals surface area (Å²) in [6.45, 7) is 6.04. The molecule has 1 aromatic rings. The summed E-state index contributed by atoms with van der Waals surface area (Å²) in [6.07, 6.45) is 0.965. The summed E-state index contributed by atoms with van der Waals surface area (Å²) in [5.74, 6) is 0.879. The van der Waals surface area contributed by atoms with Crippen molar-refractivity contribution in [3.63, 3.8) is 0 Å². The third kappa shape index (κ3) is 1.95. The predicted octanol–water partition coefficient (Wildman–Crippen LogP) is 3.37. The first-order valence-corrected chi connectivity index (χ1v) is 5.01. The highest BCUT2D eigenvalue weighted by atomic mass is 16.5. The minimum Gasteiger partial charge on any atom is -0.494 e. The molecule has 0 unspecified atom stereocenters. The van der Waals surface area contributed by atoms with E-state index >= 15 is 0 Å². The topological polar surface area (TPSA) is 21.6 Å². The van der Waals surface area contributed by atoms with Gasteiger partial charge < -0.3 is 4.74 Å². The Morgan fingerprint density at radius 3 is 2.64 bits per heavy atom. The molecule has 0 bridgehead atoms. The van der Waals surface area contributed by atoms with Gasteiger partial charge in [0.1, 0.15) is 11.4 Å². The molecule has 0 fully saturated rings. The van der Waals surface area contributed by atoms with E-state index in [0.717, 1.165) is 23.6 Å². The Morgan fingerprint density at radius 1 is 1.29 bits per heavy atom. The van der Waals surface area contributed by atoms with Gasteiger partial charge in [0.2, 0.25) is 0 Å². The maximum absolute atomic E-state index is 5.20. The summed E-state index contributed by atoms with van der Waals surface area (Å²) < 4.78 is 5.20. The summed E-state index contributed by atoms with van der Waals surface area (Å²) in [4.78, 5) is 4.41. The van der Waals surface area contributed by atoms with Crippen molar-refractivity contribution < 1.29 is 4.74 Å². The Bertz CT molecular complexity index is 342. The van der Waals surface area contributed by atoms with Crippen molar-refractivity contribution in [2.45, 2.75) is 27.2 Å². The number of ether oxygens (including phenoxy) is 1. The van der Waals surface area contributed by atoms with Gasteiger partial charge in [-0.25, -0.2) is 0 Å². The number of benzene rings is 1. The molecule has 0 aromatic heterocycles. The zero-order valence-corrected chi connectivity index (χ0v) is 9.29. The van der Waals surface area contributed by atoms with Crippen LogP contribution in [0.1, 0.15) is 26.3 Å². The maximum Gasteiger partial charge on any atom is 0.144 e. The quantitative estimate of drug-likeness (QED) is 0.667. The molecular weight excluding hydrogens is 174 g/mol. The van der Waals surface area contributed by atoms with Crippen molar-refractivity contribution in [1.82, 2.24) is 0 Å². The van der Waals surface area contributed by atoms with E-state index in [2.05, 4.69) is 11.1 Å². The third-order valence-electron chi connectivity index (χ3n) is 2.05. The molecule has 14 heavy (non-hydrogen) atoms. The summed E-state index contributed by atoms with van der Waals surface area (Å²) in [6, 6.07) is 6.05. The Morgan fingerprint density at radius 2 is 2.00 bits per heavy atom. The van der Waals surface area contributed by atoms with Gasteiger partial charge in [0.05, 0.1) is 7.11 Å². The van der Waals surface area contributed by atoms with Crippen LogP contribution in [0.15, 0.2) is 23.2 Å². The van der Waals surface area contributed by atoms with E-state index in [1.807, 2.05) is 32.9 Å². The fraction of sp³-hybridized carbons (Fsp3) is 0.417. The van der Waals surface area contributed by atoms with Crippen molar-refractivity contribution in [3.05, 3.63) is 23.8 Å². The Hall–Kier alpha value is -1.31. The lowest BCUT2D eigenvalue weighted by atomic mass is 10.1. The van der Waals surface area contributed by atoms with Gasteiger partial charge >= 0.3 is 0 Å². The van der Waals surface area contributed by atoms with E-state index in [9.17, 15) is 0 Å². The van der Waals surface area contributed by atoms with Crippen molar-refractivity contribution in [1.29, 1.82) is 0 Å². The zero-order chi connectivity index (χ0) is 10.6. The molecule has 0 amide bonds. The molecule has 0 saturated heterocycles. The number of para-hydroxylation sites is 1. The summed E-state index contributed by atoms with van der Waals surface area (Å²) in [7, 11) is 1.68. The molecule has 0 N–H and O–H groups in total. The standard InChI is InChI=1S/C10H11NO.C2H6/c1-7-6-8-4-3-5-9(12-2)10(8)11-7;1-2/h3-5H,6H2,1-2H3;1-2H3. The summed E-state index contributed by atoms with van der Waals surface area (Å²) in [5, 5.41) is 0. The van der Waals surface area contributed by atoms with Crippen LogP contribution in [-0.4, -0.2) is 12.8 Å². The maximum atomic E-state index is 5.20. The Kier molecular flexibility index (Phi) is 3.69. The highest BCUT2D eigenvalue weighted by Gasteiger charge is 2.14. The van der Waals surface area contributed by atoms with E-state index in [1.165, 1.54) is 5.56 Å². The first-order chi connectivity index (χ1) is 6.81. The van der Waals surface area contributed by atoms with Gasteiger partial charge in [-0.2, -0.15) is 0 Å². The number of aliphatic imine (C=N–C) groups is 1. The molecule has 0 aliphatic carbocycles. The predicted molar refractivity (Wildman–Crippen MR) is 60.8 cm³/mol. The van der Waals surface area contributed by atoms with Crippen molar-refractivity contribution in [2.24, 2.45) is 4.99 Å². The number of hydrogen-bond acceptors (Lipinski definition) is 2. The molecular formula is C12H17NO. The van der Waals surface area contributed by atoms with Crippen molar-refractivity contribution >= 4 is 11.4 Å². The average Bonchev–Trinajstić information content (AvgIpc) is 2.60. The van der Waals surface area contributed by atoms with Crippen molar-refractivity contribution in [3.8, 4) is 5.75 Å². The molecule has 1 heterocycles. The molecule has 1 aliphatic heterocycles. The normalized spacial score (nSPS) is 12.4. The van der Waals surface area contributed by atoms with Gasteiger partial charge in [-0.3, -0.25) is 4.99 Å². The number of hydrogen-bond donors (Lipinski definition) is 0. The molecule has 2 rings (SSSR count). The van der Waals surface area contributed by atoms with Crippen LogP contribution in [0.3, 0.4) is 0 Å². The molecule has 0 atom stereocenters. The second-order valence-corrected chi connectivity index (χ2v) is 2.99. The van der Waals surface area contributed by atoms with Gasteiger partial charge in [-0.1, -0.05) is 26.0 Å². The van der Waals surface area contributed by atoms with Crippen LogP contribution in [0, 0.1) is 0 Å². The number of fused-ring (bicyclic) bond motifs is 1.